The minimum atomic E-state index is -2.45. The van der Waals surface area contributed by atoms with E-state index < -0.39 is 18.7 Å². The Balaban J connectivity index is 0.000000172. The van der Waals surface area contributed by atoms with Crippen LogP contribution < -0.4 is 0 Å². The maximum absolute atomic E-state index is 8.81. The number of azide groups is 1. The second kappa shape index (κ2) is 21.8. The molecule has 12 nitrogen and oxygen atoms in total. The minimum Gasteiger partial charge on any atom is -0.362 e. The molecule has 7 aromatic rings. The number of benzene rings is 4. The Morgan fingerprint density at radius 2 is 1.22 bits per heavy atom. The molecule has 4 aromatic carbocycles. The fraction of sp³-hybridized carbons (Fsp3) is 0.333. The number of aromatic amines is 1. The zero-order chi connectivity index (χ0) is 42.5. The molecule has 0 fully saturated rings. The third-order valence-electron chi connectivity index (χ3n) is 10.0. The third-order valence-corrected chi connectivity index (χ3v) is 23.6. The maximum atomic E-state index is 8.81. The number of hydrogen-bond acceptors (Lipinski definition) is 6. The summed E-state index contributed by atoms with van der Waals surface area (Å²) in [5.74, 6) is 1.02. The van der Waals surface area contributed by atoms with Gasteiger partial charge in [-0.2, -0.15) is 15.0 Å². The second-order valence-corrected chi connectivity index (χ2v) is 27.7. The zero-order valence-electron chi connectivity index (χ0n) is 33.7. The van der Waals surface area contributed by atoms with E-state index in [2.05, 4.69) is 64.7 Å². The van der Waals surface area contributed by atoms with Crippen molar-refractivity contribution in [2.24, 2.45) is 17.4 Å². The second-order valence-electron chi connectivity index (χ2n) is 14.1. The minimum absolute atomic E-state index is 0.495. The summed E-state index contributed by atoms with van der Waals surface area (Å²) in [6.45, 7) is 13.9. The van der Waals surface area contributed by atoms with Crippen molar-refractivity contribution in [2.45, 2.75) is 72.6 Å². The summed E-state index contributed by atoms with van der Waals surface area (Å²) in [4.78, 5) is 6.71. The van der Waals surface area contributed by atoms with Gasteiger partial charge in [-0.1, -0.05) is 102 Å². The van der Waals surface area contributed by atoms with Gasteiger partial charge in [0.25, 0.3) is 5.82 Å². The largest absolute Gasteiger partial charge is 0.362 e. The molecule has 306 valence electrons. The zero-order valence-corrected chi connectivity index (χ0v) is 39.6. The van der Waals surface area contributed by atoms with Crippen molar-refractivity contribution < 1.29 is 0 Å². The van der Waals surface area contributed by atoms with Gasteiger partial charge in [-0.15, -0.1) is 15.3 Å². The van der Waals surface area contributed by atoms with E-state index in [1.165, 1.54) is 51.8 Å². The average Bonchev–Trinajstić information content (AvgIpc) is 3.95. The molecular weight excluding hydrogens is 933 g/mol. The molecule has 0 saturated heterocycles. The topological polar surface area (TPSA) is 143 Å². The predicted molar refractivity (Wildman–Crippen MR) is 246 cm³/mol. The number of nitrogens with one attached hydrogen (secondary N) is 1. The number of unbranched alkanes of at least 4 members (excludes halogenated alkanes) is 3. The van der Waals surface area contributed by atoms with E-state index in [1.807, 2.05) is 61.6 Å². The van der Waals surface area contributed by atoms with Crippen LogP contribution in [0.25, 0.3) is 70.9 Å². The number of aryl methyl sites for hydroxylation is 2. The first-order valence-corrected chi connectivity index (χ1v) is 28.3. The van der Waals surface area contributed by atoms with Crippen LogP contribution in [0.1, 0.15) is 59.3 Å². The molecular formula is C42H46Cl4N12Sn. The molecule has 0 saturated carbocycles. The summed E-state index contributed by atoms with van der Waals surface area (Å²) in [5.41, 5.74) is 14.7. The number of fused-ring (bicyclic) bond motifs is 2. The summed E-state index contributed by atoms with van der Waals surface area (Å²) in [5, 5.41) is 27.3. The monoisotopic (exact) mass is 978 g/mol. The number of nitrogens with zero attached hydrogens (tertiary/aromatic N) is 11. The Hall–Kier alpha value is -4.35. The van der Waals surface area contributed by atoms with E-state index in [1.54, 1.807) is 34.6 Å². The number of halogens is 4. The standard InChI is InChI=1S/C15H10Cl2N6.C15H9Cl2N3.3C4H9.N3.Sn/c1-23-14(15-18-21-22-19-15)11-4-2-3-10(13(11)20-23)9-6-5-8(16)7-12(9)17;1-18-15-12-5-3-4-11(14(12)19-20(15)2)10-7-6-9(16)8-13(10)17;3*1-3-4-2;1-3-2;/h2-7H,1H3,(H,18,19,21,22);3-8H,2H3;3*1,3-4H2,2H3;;/q;;;;;-1;+1. The summed E-state index contributed by atoms with van der Waals surface area (Å²) in [7, 11) is 3.61. The Kier molecular flexibility index (Phi) is 16.9. The molecule has 0 unspecified atom stereocenters. The molecule has 0 amide bonds. The van der Waals surface area contributed by atoms with Crippen LogP contribution in [-0.4, -0.2) is 58.8 Å². The SMILES string of the molecule is CCC[CH2][Sn]([CH2]CCC)([CH2]CCC)[N]=[N+]=[N-].Cn1nc2c(-c3ccc(Cl)cc3Cl)cccc2c1-c1nn[nH]n1.[C-]#[N+]c1c2cccc(-c3ccc(Cl)cc3Cl)c2nn1C. The molecule has 1 N–H and O–H groups in total. The van der Waals surface area contributed by atoms with Gasteiger partial charge in [-0.25, -0.2) is 0 Å². The molecule has 3 heterocycles. The molecule has 0 aliphatic rings. The van der Waals surface area contributed by atoms with Gasteiger partial charge in [-0.3, -0.25) is 4.68 Å². The Morgan fingerprint density at radius 3 is 1.68 bits per heavy atom. The summed E-state index contributed by atoms with van der Waals surface area (Å²) in [6.07, 6.45) is 7.50. The first-order chi connectivity index (χ1) is 28.5. The van der Waals surface area contributed by atoms with E-state index >= 15 is 0 Å². The Bertz CT molecular complexity index is 2570. The van der Waals surface area contributed by atoms with Gasteiger partial charge in [0.15, 0.2) is 0 Å². The van der Waals surface area contributed by atoms with Crippen LogP contribution >= 0.6 is 46.4 Å². The maximum Gasteiger partial charge on any atom is 0.259 e. The average molecular weight is 979 g/mol. The molecule has 7 rings (SSSR count). The van der Waals surface area contributed by atoms with E-state index in [0.717, 1.165) is 49.8 Å². The number of aromatic nitrogens is 8. The van der Waals surface area contributed by atoms with Gasteiger partial charge in [0.2, 0.25) is 5.82 Å². The predicted octanol–water partition coefficient (Wildman–Crippen LogP) is 14.5. The summed E-state index contributed by atoms with van der Waals surface area (Å²) < 4.78 is 11.5. The van der Waals surface area contributed by atoms with Crippen molar-refractivity contribution in [3.05, 3.63) is 115 Å². The van der Waals surface area contributed by atoms with Crippen LogP contribution in [0.2, 0.25) is 33.4 Å². The quantitative estimate of drug-likeness (QED) is 0.0402. The molecule has 0 bridgehead atoms. The van der Waals surface area contributed by atoms with Crippen LogP contribution in [-0.2, 0) is 14.1 Å². The first kappa shape index (κ1) is 45.7. The van der Waals surface area contributed by atoms with Crippen molar-refractivity contribution in [1.82, 2.24) is 40.2 Å². The third kappa shape index (κ3) is 11.1. The number of tetrazole rings is 1. The molecule has 0 spiro atoms. The number of hydrogen-bond donors (Lipinski definition) is 1. The molecule has 0 aliphatic carbocycles. The van der Waals surface area contributed by atoms with Crippen molar-refractivity contribution >= 4 is 92.7 Å². The van der Waals surface area contributed by atoms with Gasteiger partial charge < -0.3 is 4.85 Å². The fourth-order valence-corrected chi connectivity index (χ4v) is 20.3. The van der Waals surface area contributed by atoms with Crippen LogP contribution in [0.15, 0.2) is 76.1 Å². The van der Waals surface area contributed by atoms with E-state index in [-0.39, 0.29) is 0 Å². The Labute approximate surface area is 368 Å². The number of H-pyrrole nitrogens is 1. The molecule has 59 heavy (non-hydrogen) atoms. The van der Waals surface area contributed by atoms with Gasteiger partial charge in [0.1, 0.15) is 16.7 Å². The first-order valence-electron chi connectivity index (χ1n) is 19.5. The smallest absolute Gasteiger partial charge is 0.259 e. The normalized spacial score (nSPS) is 11.1. The molecule has 17 heteroatoms. The molecule has 0 atom stereocenters. The van der Waals surface area contributed by atoms with Gasteiger partial charge in [0, 0.05) is 60.2 Å². The van der Waals surface area contributed by atoms with Crippen molar-refractivity contribution in [3.8, 4) is 33.8 Å². The van der Waals surface area contributed by atoms with Crippen LogP contribution in [0.3, 0.4) is 0 Å². The molecule has 0 radical (unpaired) electrons. The van der Waals surface area contributed by atoms with Crippen LogP contribution in [0.5, 0.6) is 0 Å². The summed E-state index contributed by atoms with van der Waals surface area (Å²) in [6, 6.07) is 22.4. The van der Waals surface area contributed by atoms with Crippen molar-refractivity contribution in [3.63, 3.8) is 0 Å². The van der Waals surface area contributed by atoms with Gasteiger partial charge in [-0.05, 0) is 29.5 Å². The number of rotatable bonds is 13. The summed E-state index contributed by atoms with van der Waals surface area (Å²) >= 11 is 22.1. The van der Waals surface area contributed by atoms with Crippen LogP contribution in [0, 0.1) is 6.57 Å². The van der Waals surface area contributed by atoms with Crippen molar-refractivity contribution in [2.75, 3.05) is 0 Å². The fourth-order valence-electron chi connectivity index (χ4n) is 7.07. The van der Waals surface area contributed by atoms with Crippen LogP contribution in [0.4, 0.5) is 5.82 Å². The van der Waals surface area contributed by atoms with Gasteiger partial charge >= 0.3 is 105 Å². The molecule has 3 aromatic heterocycles. The van der Waals surface area contributed by atoms with E-state index in [0.29, 0.717) is 31.7 Å². The van der Waals surface area contributed by atoms with Gasteiger partial charge in [0.05, 0.1) is 7.05 Å². The van der Waals surface area contributed by atoms with E-state index in [4.69, 9.17) is 58.5 Å². The Morgan fingerprint density at radius 1 is 0.712 bits per heavy atom. The van der Waals surface area contributed by atoms with Crippen molar-refractivity contribution in [1.29, 1.82) is 0 Å². The van der Waals surface area contributed by atoms with E-state index in [9.17, 15) is 0 Å². The molecule has 0 aliphatic heterocycles.